The lowest BCUT2D eigenvalue weighted by atomic mass is 10.1. The molecule has 1 saturated heterocycles. The van der Waals surface area contributed by atoms with Crippen LogP contribution in [-0.2, 0) is 11.2 Å². The average Bonchev–Trinajstić information content (AvgIpc) is 3.11. The highest BCUT2D eigenvalue weighted by Gasteiger charge is 2.30. The molecular weight excluding hydrogens is 420 g/mol. The van der Waals surface area contributed by atoms with E-state index >= 15 is 0 Å². The van der Waals surface area contributed by atoms with Crippen LogP contribution in [0.1, 0.15) is 11.1 Å². The molecule has 160 valence electrons. The predicted octanol–water partition coefficient (Wildman–Crippen LogP) is 3.33. The number of nitro groups is 1. The van der Waals surface area contributed by atoms with Crippen LogP contribution < -0.4 is 14.8 Å². The first kappa shape index (κ1) is 22.0. The summed E-state index contributed by atoms with van der Waals surface area (Å²) in [5.41, 5.74) is 1.45. The van der Waals surface area contributed by atoms with Gasteiger partial charge in [0.2, 0.25) is 5.91 Å². The molecule has 2 aromatic carbocycles. The van der Waals surface area contributed by atoms with Crippen LogP contribution in [0.3, 0.4) is 0 Å². The van der Waals surface area contributed by atoms with Crippen LogP contribution in [0, 0.1) is 10.1 Å². The molecule has 1 aliphatic heterocycles. The first-order valence-electron chi connectivity index (χ1n) is 9.23. The highest BCUT2D eigenvalue weighted by Crippen LogP contribution is 2.28. The molecule has 0 bridgehead atoms. The molecule has 1 heterocycles. The van der Waals surface area contributed by atoms with E-state index in [-0.39, 0.29) is 11.6 Å². The fourth-order valence-corrected chi connectivity index (χ4v) is 3.74. The Labute approximate surface area is 183 Å². The van der Waals surface area contributed by atoms with Crippen molar-refractivity contribution in [3.05, 3.63) is 76.4 Å². The van der Waals surface area contributed by atoms with E-state index in [1.54, 1.807) is 43.5 Å². The molecule has 31 heavy (non-hydrogen) atoms. The third-order valence-electron chi connectivity index (χ3n) is 4.22. The summed E-state index contributed by atoms with van der Waals surface area (Å²) in [4.78, 5) is 22.7. The second-order valence-electron chi connectivity index (χ2n) is 6.39. The number of nitrogens with one attached hydrogen (secondary N) is 1. The number of non-ortho nitro benzene ring substituents is 1. The van der Waals surface area contributed by atoms with Gasteiger partial charge in [0, 0.05) is 12.1 Å². The van der Waals surface area contributed by atoms with Gasteiger partial charge >= 0.3 is 0 Å². The fraction of sp³-hybridized carbons (Fsp3) is 0.190. The van der Waals surface area contributed by atoms with Gasteiger partial charge in [0.05, 0.1) is 23.5 Å². The first-order valence-corrected chi connectivity index (χ1v) is 10.1. The number of methoxy groups -OCH3 is 1. The number of hydrogen-bond donors (Lipinski definition) is 1. The smallest absolute Gasteiger partial charge is 0.269 e. The van der Waals surface area contributed by atoms with E-state index in [0.29, 0.717) is 35.3 Å². The van der Waals surface area contributed by atoms with Crippen LogP contribution in [-0.4, -0.2) is 41.2 Å². The lowest BCUT2D eigenvalue weighted by Gasteiger charge is -2.09. The summed E-state index contributed by atoms with van der Waals surface area (Å²) >= 11 is 1.23. The standard InChI is InChI=1S/C21H20N4O5S/c1-3-9-30-17-8-7-15(11-18(17)29-2)13-22-24-21-23-20(26)19(31-21)12-14-5-4-6-16(10-14)25(27)28/h3-8,10-11,13,19H,1,9,12H2,2H3,(H,23,24,26)/b22-13+. The Hall–Kier alpha value is -3.66. The Balaban J connectivity index is 1.64. The molecule has 0 saturated carbocycles. The molecular formula is C21H20N4O5S. The average molecular weight is 440 g/mol. The van der Waals surface area contributed by atoms with Crippen molar-refractivity contribution >= 4 is 34.7 Å². The minimum absolute atomic E-state index is 0.00395. The van der Waals surface area contributed by atoms with Gasteiger partial charge in [-0.25, -0.2) is 0 Å². The molecule has 1 unspecified atom stereocenters. The lowest BCUT2D eigenvalue weighted by molar-refractivity contribution is -0.384. The molecule has 1 N–H and O–H groups in total. The monoisotopic (exact) mass is 440 g/mol. The number of carbonyl (C=O) groups is 1. The van der Waals surface area contributed by atoms with Crippen LogP contribution in [0.4, 0.5) is 5.69 Å². The summed E-state index contributed by atoms with van der Waals surface area (Å²) in [7, 11) is 1.55. The summed E-state index contributed by atoms with van der Waals surface area (Å²) in [6.07, 6.45) is 3.53. The Bertz CT molecular complexity index is 1050. The zero-order valence-corrected chi connectivity index (χ0v) is 17.5. The van der Waals surface area contributed by atoms with Gasteiger partial charge < -0.3 is 14.8 Å². The van der Waals surface area contributed by atoms with Crippen molar-refractivity contribution < 1.29 is 19.2 Å². The van der Waals surface area contributed by atoms with E-state index in [0.717, 1.165) is 5.56 Å². The maximum absolute atomic E-state index is 12.2. The SMILES string of the molecule is C=CCOc1ccc(/C=N/N=C2\NC(=O)C(Cc3cccc([N+](=O)[O-])c3)S2)cc1OC. The van der Waals surface area contributed by atoms with E-state index in [1.165, 1.54) is 30.1 Å². The van der Waals surface area contributed by atoms with Crippen molar-refractivity contribution in [3.63, 3.8) is 0 Å². The number of nitro benzene ring substituents is 1. The van der Waals surface area contributed by atoms with Crippen molar-refractivity contribution in [1.29, 1.82) is 0 Å². The molecule has 2 aromatic rings. The van der Waals surface area contributed by atoms with Crippen LogP contribution in [0.25, 0.3) is 0 Å². The fourth-order valence-electron chi connectivity index (χ4n) is 2.78. The van der Waals surface area contributed by atoms with Gasteiger partial charge in [0.15, 0.2) is 16.7 Å². The van der Waals surface area contributed by atoms with Crippen LogP contribution in [0.5, 0.6) is 11.5 Å². The van der Waals surface area contributed by atoms with Gasteiger partial charge in [0.1, 0.15) is 6.61 Å². The third kappa shape index (κ3) is 5.92. The predicted molar refractivity (Wildman–Crippen MR) is 120 cm³/mol. The van der Waals surface area contributed by atoms with Gasteiger partial charge in [-0.15, -0.1) is 5.10 Å². The Morgan fingerprint density at radius 2 is 2.13 bits per heavy atom. The summed E-state index contributed by atoms with van der Waals surface area (Å²) in [6.45, 7) is 3.98. The summed E-state index contributed by atoms with van der Waals surface area (Å²) in [5, 5.41) is 21.6. The minimum atomic E-state index is -0.458. The Morgan fingerprint density at radius 1 is 1.29 bits per heavy atom. The largest absolute Gasteiger partial charge is 0.493 e. The number of carbonyl (C=O) groups excluding carboxylic acids is 1. The number of amides is 1. The molecule has 1 fully saturated rings. The normalized spacial score (nSPS) is 17.0. The van der Waals surface area contributed by atoms with Gasteiger partial charge in [-0.05, 0) is 35.7 Å². The lowest BCUT2D eigenvalue weighted by Crippen LogP contribution is -2.25. The molecule has 0 spiro atoms. The van der Waals surface area contributed by atoms with E-state index < -0.39 is 10.2 Å². The molecule has 3 rings (SSSR count). The van der Waals surface area contributed by atoms with E-state index in [4.69, 9.17) is 9.47 Å². The second kappa shape index (κ2) is 10.4. The molecule has 1 aliphatic rings. The maximum Gasteiger partial charge on any atom is 0.269 e. The number of ether oxygens (including phenoxy) is 2. The number of nitrogens with zero attached hydrogens (tertiary/aromatic N) is 3. The number of amidine groups is 1. The zero-order valence-electron chi connectivity index (χ0n) is 16.7. The van der Waals surface area contributed by atoms with Crippen molar-refractivity contribution in [1.82, 2.24) is 5.32 Å². The molecule has 0 radical (unpaired) electrons. The first-order chi connectivity index (χ1) is 15.0. The number of thioether (sulfide) groups is 1. The topological polar surface area (TPSA) is 115 Å². The van der Waals surface area contributed by atoms with Crippen molar-refractivity contribution in [2.45, 2.75) is 11.7 Å². The quantitative estimate of drug-likeness (QED) is 0.277. The second-order valence-corrected chi connectivity index (χ2v) is 7.58. The summed E-state index contributed by atoms with van der Waals surface area (Å²) in [5.74, 6) is 0.934. The Morgan fingerprint density at radius 3 is 2.87 bits per heavy atom. The number of rotatable bonds is 9. The highest BCUT2D eigenvalue weighted by atomic mass is 32.2. The van der Waals surface area contributed by atoms with E-state index in [1.807, 2.05) is 0 Å². The third-order valence-corrected chi connectivity index (χ3v) is 5.29. The van der Waals surface area contributed by atoms with Gasteiger partial charge in [-0.3, -0.25) is 14.9 Å². The van der Waals surface area contributed by atoms with Gasteiger partial charge in [-0.1, -0.05) is 36.5 Å². The summed E-state index contributed by atoms with van der Waals surface area (Å²) < 4.78 is 10.8. The minimum Gasteiger partial charge on any atom is -0.493 e. The van der Waals surface area contributed by atoms with Crippen LogP contribution >= 0.6 is 11.8 Å². The summed E-state index contributed by atoms with van der Waals surface area (Å²) in [6, 6.07) is 11.6. The molecule has 10 heteroatoms. The van der Waals surface area contributed by atoms with Crippen LogP contribution in [0.15, 0.2) is 65.3 Å². The van der Waals surface area contributed by atoms with Gasteiger partial charge in [-0.2, -0.15) is 5.10 Å². The molecule has 0 aliphatic carbocycles. The van der Waals surface area contributed by atoms with E-state index in [9.17, 15) is 14.9 Å². The molecule has 0 aromatic heterocycles. The van der Waals surface area contributed by atoms with Crippen molar-refractivity contribution in [3.8, 4) is 11.5 Å². The Kier molecular flexibility index (Phi) is 7.39. The maximum atomic E-state index is 12.2. The molecule has 1 atom stereocenters. The van der Waals surface area contributed by atoms with Gasteiger partial charge in [0.25, 0.3) is 5.69 Å². The molecule has 1 amide bonds. The van der Waals surface area contributed by atoms with Crippen molar-refractivity contribution in [2.24, 2.45) is 10.2 Å². The number of benzene rings is 2. The highest BCUT2D eigenvalue weighted by molar-refractivity contribution is 8.15. The zero-order chi connectivity index (χ0) is 22.2. The number of hydrogen-bond acceptors (Lipinski definition) is 8. The molecule has 9 nitrogen and oxygen atoms in total. The van der Waals surface area contributed by atoms with Crippen molar-refractivity contribution in [2.75, 3.05) is 13.7 Å². The van der Waals surface area contributed by atoms with Crippen LogP contribution in [0.2, 0.25) is 0 Å². The van der Waals surface area contributed by atoms with E-state index in [2.05, 4.69) is 22.1 Å².